The summed E-state index contributed by atoms with van der Waals surface area (Å²) in [5.74, 6) is 0.721. The first kappa shape index (κ1) is 19.4. The van der Waals surface area contributed by atoms with Crippen LogP contribution in [0.4, 0.5) is 0 Å². The molecule has 0 fully saturated rings. The molecule has 0 saturated carbocycles. The van der Waals surface area contributed by atoms with Gasteiger partial charge < -0.3 is 0 Å². The fraction of sp³-hybridized carbons (Fsp3) is 0.714. The molecule has 1 nitrogen and oxygen atoms in total. The molecule has 1 rings (SSSR count). The molecule has 0 aromatic carbocycles. The zero-order valence-corrected chi connectivity index (χ0v) is 13.6. The van der Waals surface area contributed by atoms with Crippen molar-refractivity contribution in [3.63, 3.8) is 0 Å². The van der Waals surface area contributed by atoms with E-state index in [0.29, 0.717) is 0 Å². The van der Waals surface area contributed by atoms with E-state index in [-0.39, 0.29) is 0 Å². The van der Waals surface area contributed by atoms with Gasteiger partial charge in [0.25, 0.3) is 0 Å². The zero-order valence-electron chi connectivity index (χ0n) is 12.1. The molecule has 0 spiro atoms. The molecular formula is C14H28ClNS. The van der Waals surface area contributed by atoms with Gasteiger partial charge in [0.05, 0.1) is 0 Å². The van der Waals surface area contributed by atoms with Gasteiger partial charge in [0.15, 0.2) is 0 Å². The van der Waals surface area contributed by atoms with Crippen LogP contribution in [0.1, 0.15) is 34.1 Å². The molecule has 1 aliphatic rings. The number of hydrogen-bond donors (Lipinski definition) is 0. The van der Waals surface area contributed by atoms with Crippen molar-refractivity contribution in [2.24, 2.45) is 0 Å². The number of rotatable bonds is 4. The van der Waals surface area contributed by atoms with Gasteiger partial charge in [-0.25, -0.2) is 0 Å². The predicted octanol–water partition coefficient (Wildman–Crippen LogP) is 4.79. The van der Waals surface area contributed by atoms with Gasteiger partial charge >= 0.3 is 0 Å². The first-order chi connectivity index (χ1) is 8.31. The van der Waals surface area contributed by atoms with Gasteiger partial charge in [-0.2, -0.15) is 0 Å². The van der Waals surface area contributed by atoms with E-state index >= 15 is 0 Å². The average Bonchev–Trinajstić information content (AvgIpc) is 2.43. The second-order valence-electron chi connectivity index (χ2n) is 3.07. The van der Waals surface area contributed by atoms with Crippen molar-refractivity contribution in [3.8, 4) is 0 Å². The Morgan fingerprint density at radius 3 is 2.35 bits per heavy atom. The largest absolute Gasteiger partial charge is 0.298 e. The third-order valence-electron chi connectivity index (χ3n) is 2.30. The predicted molar refractivity (Wildman–Crippen MR) is 85.2 cm³/mol. The van der Waals surface area contributed by atoms with E-state index in [2.05, 4.69) is 17.7 Å². The lowest BCUT2D eigenvalue weighted by atomic mass is 10.1. The second kappa shape index (κ2) is 14.1. The van der Waals surface area contributed by atoms with Crippen LogP contribution in [0, 0.1) is 0 Å². The molecule has 0 N–H and O–H groups in total. The second-order valence-corrected chi connectivity index (χ2v) is 4.35. The summed E-state index contributed by atoms with van der Waals surface area (Å²) < 4.78 is 0. The summed E-state index contributed by atoms with van der Waals surface area (Å²) >= 11 is 7.55. The summed E-state index contributed by atoms with van der Waals surface area (Å²) in [6, 6.07) is 0. The quantitative estimate of drug-likeness (QED) is 0.680. The topological polar surface area (TPSA) is 3.24 Å². The third kappa shape index (κ3) is 7.91. The highest BCUT2D eigenvalue weighted by molar-refractivity contribution is 8.02. The van der Waals surface area contributed by atoms with Gasteiger partial charge in [-0.1, -0.05) is 40.3 Å². The van der Waals surface area contributed by atoms with E-state index in [1.54, 1.807) is 0 Å². The lowest BCUT2D eigenvalue weighted by Crippen LogP contribution is -2.32. The Morgan fingerprint density at radius 1 is 1.35 bits per heavy atom. The zero-order chi connectivity index (χ0) is 13.7. The Kier molecular flexibility index (Phi) is 16.2. The van der Waals surface area contributed by atoms with Crippen molar-refractivity contribution >= 4 is 23.4 Å². The van der Waals surface area contributed by atoms with E-state index in [1.165, 1.54) is 10.5 Å². The standard InChI is InChI=1S/C10H16ClNS.2C2H6/c1-3-9-8-12(7-5-11)6-4-10(9)13-2;2*1-2/h3H,1,4-8H2,2H3;2*1-2H3. The summed E-state index contributed by atoms with van der Waals surface area (Å²) in [5, 5.41) is 0. The van der Waals surface area contributed by atoms with Crippen molar-refractivity contribution in [1.82, 2.24) is 4.90 Å². The Labute approximate surface area is 117 Å². The molecule has 102 valence electrons. The molecule has 0 radical (unpaired) electrons. The van der Waals surface area contributed by atoms with Crippen LogP contribution in [0.3, 0.4) is 0 Å². The molecular weight excluding hydrogens is 250 g/mol. The van der Waals surface area contributed by atoms with Crippen molar-refractivity contribution in [3.05, 3.63) is 23.1 Å². The van der Waals surface area contributed by atoms with Crippen LogP contribution in [0.2, 0.25) is 0 Å². The Hall–Kier alpha value is 0.0800. The maximum absolute atomic E-state index is 5.71. The van der Waals surface area contributed by atoms with Gasteiger partial charge in [-0.3, -0.25) is 4.90 Å². The van der Waals surface area contributed by atoms with Gasteiger partial charge in [0.2, 0.25) is 0 Å². The minimum absolute atomic E-state index is 0.721. The lowest BCUT2D eigenvalue weighted by molar-refractivity contribution is 0.309. The monoisotopic (exact) mass is 277 g/mol. The van der Waals surface area contributed by atoms with E-state index in [1.807, 2.05) is 45.5 Å². The maximum Gasteiger partial charge on any atom is 0.0351 e. The molecule has 0 bridgehead atoms. The number of alkyl halides is 1. The maximum atomic E-state index is 5.71. The van der Waals surface area contributed by atoms with Crippen LogP contribution in [0.5, 0.6) is 0 Å². The minimum Gasteiger partial charge on any atom is -0.298 e. The Balaban J connectivity index is 0. The molecule has 1 heterocycles. The number of thioether (sulfide) groups is 1. The molecule has 0 atom stereocenters. The lowest BCUT2D eigenvalue weighted by Gasteiger charge is -2.28. The minimum atomic E-state index is 0.721. The first-order valence-electron chi connectivity index (χ1n) is 6.48. The van der Waals surface area contributed by atoms with Crippen molar-refractivity contribution in [1.29, 1.82) is 0 Å². The highest BCUT2D eigenvalue weighted by atomic mass is 35.5. The van der Waals surface area contributed by atoms with Crippen LogP contribution >= 0.6 is 23.4 Å². The molecule has 1 aliphatic heterocycles. The smallest absolute Gasteiger partial charge is 0.0351 e. The van der Waals surface area contributed by atoms with Gasteiger partial charge in [0, 0.05) is 25.5 Å². The summed E-state index contributed by atoms with van der Waals surface area (Å²) in [4.78, 5) is 3.87. The van der Waals surface area contributed by atoms with Crippen LogP contribution in [0.15, 0.2) is 23.1 Å². The fourth-order valence-electron chi connectivity index (χ4n) is 1.55. The van der Waals surface area contributed by atoms with Crippen molar-refractivity contribution in [2.75, 3.05) is 31.8 Å². The number of hydrogen-bond acceptors (Lipinski definition) is 2. The van der Waals surface area contributed by atoms with Crippen molar-refractivity contribution < 1.29 is 0 Å². The fourth-order valence-corrected chi connectivity index (χ4v) is 2.49. The normalized spacial score (nSPS) is 15.4. The molecule has 0 saturated heterocycles. The third-order valence-corrected chi connectivity index (χ3v) is 3.43. The molecule has 0 aromatic heterocycles. The SMILES string of the molecule is C=CC1=C(SC)CCN(CCCl)C1.CC.CC. The molecule has 0 aromatic rings. The molecule has 17 heavy (non-hydrogen) atoms. The van der Waals surface area contributed by atoms with E-state index < -0.39 is 0 Å². The van der Waals surface area contributed by atoms with Gasteiger partial charge in [0.1, 0.15) is 0 Å². The van der Waals surface area contributed by atoms with Gasteiger partial charge in [-0.05, 0) is 23.2 Å². The molecule has 0 amide bonds. The van der Waals surface area contributed by atoms with Crippen LogP contribution in [-0.4, -0.2) is 36.7 Å². The summed E-state index contributed by atoms with van der Waals surface area (Å²) in [6.45, 7) is 15.0. The van der Waals surface area contributed by atoms with E-state index in [9.17, 15) is 0 Å². The molecule has 0 unspecified atom stereocenters. The number of halogens is 1. The summed E-state index contributed by atoms with van der Waals surface area (Å²) in [7, 11) is 0. The van der Waals surface area contributed by atoms with Gasteiger partial charge in [-0.15, -0.1) is 23.4 Å². The number of nitrogens with zero attached hydrogens (tertiary/aromatic N) is 1. The van der Waals surface area contributed by atoms with E-state index in [4.69, 9.17) is 11.6 Å². The van der Waals surface area contributed by atoms with Crippen molar-refractivity contribution in [2.45, 2.75) is 34.1 Å². The first-order valence-corrected chi connectivity index (χ1v) is 8.24. The van der Waals surface area contributed by atoms with Crippen LogP contribution in [-0.2, 0) is 0 Å². The molecule has 3 heteroatoms. The van der Waals surface area contributed by atoms with E-state index in [0.717, 1.165) is 31.9 Å². The molecule has 0 aliphatic carbocycles. The average molecular weight is 278 g/mol. The van der Waals surface area contributed by atoms with Crippen LogP contribution < -0.4 is 0 Å². The Bertz CT molecular complexity index is 214. The summed E-state index contributed by atoms with van der Waals surface area (Å²) in [6.07, 6.45) is 5.27. The van der Waals surface area contributed by atoms with Crippen LogP contribution in [0.25, 0.3) is 0 Å². The Morgan fingerprint density at radius 2 is 1.94 bits per heavy atom. The highest BCUT2D eigenvalue weighted by Gasteiger charge is 2.15. The summed E-state index contributed by atoms with van der Waals surface area (Å²) in [5.41, 5.74) is 1.38. The highest BCUT2D eigenvalue weighted by Crippen LogP contribution is 2.26.